The molecule has 5 heteroatoms. The van der Waals surface area contributed by atoms with Crippen LogP contribution < -0.4 is 9.47 Å². The third kappa shape index (κ3) is 9.08. The van der Waals surface area contributed by atoms with Crippen LogP contribution in [0.15, 0.2) is 42.5 Å². The summed E-state index contributed by atoms with van der Waals surface area (Å²) in [5.74, 6) is 0.484. The van der Waals surface area contributed by atoms with E-state index in [1.54, 1.807) is 24.3 Å². The molecule has 0 atom stereocenters. The minimum absolute atomic E-state index is 0.0552. The molecule has 164 valence electrons. The van der Waals surface area contributed by atoms with Crippen LogP contribution in [-0.4, -0.2) is 17.7 Å². The number of phenolic OH excluding ortho intramolecular Hbond substituents is 1. The summed E-state index contributed by atoms with van der Waals surface area (Å²) in [4.78, 5) is 12.2. The molecular formula is C25H33ClO4. The van der Waals surface area contributed by atoms with Gasteiger partial charge in [0.1, 0.15) is 17.2 Å². The van der Waals surface area contributed by atoms with Crippen molar-refractivity contribution >= 4 is 17.6 Å². The van der Waals surface area contributed by atoms with Crippen LogP contribution >= 0.6 is 11.6 Å². The monoisotopic (exact) mass is 432 g/mol. The third-order valence-corrected chi connectivity index (χ3v) is 5.29. The molecule has 0 aliphatic heterocycles. The summed E-state index contributed by atoms with van der Waals surface area (Å²) >= 11 is 5.83. The molecule has 0 heterocycles. The van der Waals surface area contributed by atoms with E-state index in [4.69, 9.17) is 21.1 Å². The van der Waals surface area contributed by atoms with E-state index < -0.39 is 5.97 Å². The Morgan fingerprint density at radius 1 is 0.833 bits per heavy atom. The first-order valence-corrected chi connectivity index (χ1v) is 11.4. The average Bonchev–Trinajstić information content (AvgIpc) is 2.75. The Labute approximate surface area is 185 Å². The van der Waals surface area contributed by atoms with Crippen LogP contribution in [0, 0.1) is 0 Å². The molecule has 0 aliphatic rings. The van der Waals surface area contributed by atoms with Crippen molar-refractivity contribution in [3.8, 4) is 17.2 Å². The molecule has 0 spiro atoms. The first-order chi connectivity index (χ1) is 14.6. The summed E-state index contributed by atoms with van der Waals surface area (Å²) in [6.45, 7) is 2.94. The molecule has 30 heavy (non-hydrogen) atoms. The summed E-state index contributed by atoms with van der Waals surface area (Å²) in [5.41, 5.74) is 0.422. The van der Waals surface area contributed by atoms with Gasteiger partial charge in [0.25, 0.3) is 0 Å². The van der Waals surface area contributed by atoms with E-state index in [2.05, 4.69) is 6.92 Å². The standard InChI is InChI=1S/C25H33ClO4/c1-2-3-4-5-6-7-8-9-10-11-18-29-21-14-12-20(13-15-21)25(28)30-22-16-17-24(27)23(26)19-22/h12-17,19,27H,2-11,18H2,1H3. The van der Waals surface area contributed by atoms with Gasteiger partial charge in [0.15, 0.2) is 0 Å². The number of ether oxygens (including phenoxy) is 2. The Kier molecular flexibility index (Phi) is 11.2. The Morgan fingerprint density at radius 2 is 1.40 bits per heavy atom. The Balaban J connectivity index is 1.60. The van der Waals surface area contributed by atoms with E-state index in [0.717, 1.165) is 12.2 Å². The molecule has 0 amide bonds. The van der Waals surface area contributed by atoms with Gasteiger partial charge in [0, 0.05) is 6.07 Å². The van der Waals surface area contributed by atoms with Crippen LogP contribution in [0.4, 0.5) is 0 Å². The number of carbonyl (C=O) groups excluding carboxylic acids is 1. The van der Waals surface area contributed by atoms with Crippen LogP contribution in [-0.2, 0) is 0 Å². The van der Waals surface area contributed by atoms with E-state index >= 15 is 0 Å². The molecule has 0 unspecified atom stereocenters. The van der Waals surface area contributed by atoms with Gasteiger partial charge < -0.3 is 14.6 Å². The first kappa shape index (κ1) is 24.1. The zero-order chi connectivity index (χ0) is 21.6. The summed E-state index contributed by atoms with van der Waals surface area (Å²) in [6, 6.07) is 11.2. The first-order valence-electron chi connectivity index (χ1n) is 11.0. The van der Waals surface area contributed by atoms with Gasteiger partial charge in [-0.2, -0.15) is 0 Å². The number of halogens is 1. The Morgan fingerprint density at radius 3 is 2.00 bits per heavy atom. The lowest BCUT2D eigenvalue weighted by atomic mass is 10.1. The number of hydrogen-bond acceptors (Lipinski definition) is 4. The van der Waals surface area contributed by atoms with E-state index in [-0.39, 0.29) is 16.5 Å². The molecule has 2 aromatic rings. The minimum atomic E-state index is -0.488. The SMILES string of the molecule is CCCCCCCCCCCCOc1ccc(C(=O)Oc2ccc(O)c(Cl)c2)cc1. The number of esters is 1. The fraction of sp³-hybridized carbons (Fsp3) is 0.480. The zero-order valence-electron chi connectivity index (χ0n) is 17.9. The maximum absolute atomic E-state index is 12.2. The van der Waals surface area contributed by atoms with E-state index in [1.165, 1.54) is 76.0 Å². The maximum Gasteiger partial charge on any atom is 0.343 e. The van der Waals surface area contributed by atoms with Crippen LogP contribution in [0.1, 0.15) is 81.5 Å². The fourth-order valence-electron chi connectivity index (χ4n) is 3.18. The fourth-order valence-corrected chi connectivity index (χ4v) is 3.35. The number of unbranched alkanes of at least 4 members (excludes halogenated alkanes) is 9. The summed E-state index contributed by atoms with van der Waals surface area (Å²) in [6.07, 6.45) is 13.0. The van der Waals surface area contributed by atoms with Gasteiger partial charge in [0.2, 0.25) is 0 Å². The lowest BCUT2D eigenvalue weighted by Gasteiger charge is -2.08. The topological polar surface area (TPSA) is 55.8 Å². The van der Waals surface area contributed by atoms with Crippen molar-refractivity contribution in [1.82, 2.24) is 0 Å². The molecule has 0 bridgehead atoms. The lowest BCUT2D eigenvalue weighted by Crippen LogP contribution is -2.08. The van der Waals surface area contributed by atoms with E-state index in [1.807, 2.05) is 0 Å². The molecule has 0 saturated heterocycles. The number of phenols is 1. The highest BCUT2D eigenvalue weighted by Crippen LogP contribution is 2.28. The smallest absolute Gasteiger partial charge is 0.343 e. The van der Waals surface area contributed by atoms with Crippen molar-refractivity contribution in [2.24, 2.45) is 0 Å². The van der Waals surface area contributed by atoms with Crippen LogP contribution in [0.5, 0.6) is 17.2 Å². The molecular weight excluding hydrogens is 400 g/mol. The third-order valence-electron chi connectivity index (χ3n) is 4.99. The van der Waals surface area contributed by atoms with Crippen LogP contribution in [0.3, 0.4) is 0 Å². The molecule has 0 radical (unpaired) electrons. The number of benzene rings is 2. The van der Waals surface area contributed by atoms with Gasteiger partial charge in [-0.05, 0) is 42.8 Å². The van der Waals surface area contributed by atoms with Crippen molar-refractivity contribution in [1.29, 1.82) is 0 Å². The zero-order valence-corrected chi connectivity index (χ0v) is 18.6. The highest BCUT2D eigenvalue weighted by atomic mass is 35.5. The second-order valence-corrected chi connectivity index (χ2v) is 7.96. The minimum Gasteiger partial charge on any atom is -0.506 e. The average molecular weight is 433 g/mol. The van der Waals surface area contributed by atoms with Crippen LogP contribution in [0.25, 0.3) is 0 Å². The van der Waals surface area contributed by atoms with Crippen molar-refractivity contribution in [3.63, 3.8) is 0 Å². The summed E-state index contributed by atoms with van der Waals surface area (Å²) in [5, 5.41) is 9.55. The predicted octanol–water partition coefficient (Wildman–Crippen LogP) is 7.56. The Hall–Kier alpha value is -2.20. The molecule has 0 aliphatic carbocycles. The second-order valence-electron chi connectivity index (χ2n) is 7.56. The molecule has 0 fully saturated rings. The van der Waals surface area contributed by atoms with Gasteiger partial charge in [0.05, 0.1) is 17.2 Å². The summed E-state index contributed by atoms with van der Waals surface area (Å²) < 4.78 is 11.0. The maximum atomic E-state index is 12.2. The van der Waals surface area contributed by atoms with Crippen molar-refractivity contribution in [2.75, 3.05) is 6.61 Å². The lowest BCUT2D eigenvalue weighted by molar-refractivity contribution is 0.0734. The quantitative estimate of drug-likeness (QED) is 0.190. The van der Waals surface area contributed by atoms with Crippen molar-refractivity contribution < 1.29 is 19.4 Å². The second kappa shape index (κ2) is 13.9. The van der Waals surface area contributed by atoms with Gasteiger partial charge in [-0.15, -0.1) is 0 Å². The number of carbonyl (C=O) groups is 1. The van der Waals surface area contributed by atoms with E-state index in [9.17, 15) is 9.90 Å². The summed E-state index contributed by atoms with van der Waals surface area (Å²) in [7, 11) is 0. The largest absolute Gasteiger partial charge is 0.506 e. The number of aromatic hydroxyl groups is 1. The molecule has 4 nitrogen and oxygen atoms in total. The molecule has 0 aromatic heterocycles. The number of hydrogen-bond donors (Lipinski definition) is 1. The molecule has 1 N–H and O–H groups in total. The van der Waals surface area contributed by atoms with Crippen molar-refractivity contribution in [3.05, 3.63) is 53.1 Å². The van der Waals surface area contributed by atoms with Gasteiger partial charge in [-0.1, -0.05) is 76.3 Å². The highest BCUT2D eigenvalue weighted by Gasteiger charge is 2.10. The van der Waals surface area contributed by atoms with Gasteiger partial charge >= 0.3 is 5.97 Å². The Bertz CT molecular complexity index is 758. The molecule has 2 rings (SSSR count). The van der Waals surface area contributed by atoms with Gasteiger partial charge in [-0.3, -0.25) is 0 Å². The number of rotatable bonds is 14. The predicted molar refractivity (Wildman–Crippen MR) is 122 cm³/mol. The molecule has 0 saturated carbocycles. The van der Waals surface area contributed by atoms with Crippen LogP contribution in [0.2, 0.25) is 5.02 Å². The highest BCUT2D eigenvalue weighted by molar-refractivity contribution is 6.32. The molecule has 2 aromatic carbocycles. The normalized spacial score (nSPS) is 10.7. The van der Waals surface area contributed by atoms with Crippen molar-refractivity contribution in [2.45, 2.75) is 71.1 Å². The van der Waals surface area contributed by atoms with Gasteiger partial charge in [-0.25, -0.2) is 4.79 Å². The van der Waals surface area contributed by atoms with E-state index in [0.29, 0.717) is 12.2 Å².